The third kappa shape index (κ3) is 4.25. The summed E-state index contributed by atoms with van der Waals surface area (Å²) in [5.41, 5.74) is 3.34. The average molecular weight is 507 g/mol. The molecule has 2 heterocycles. The normalized spacial score (nSPS) is 42.8. The lowest BCUT2D eigenvalue weighted by atomic mass is 9.45. The summed E-state index contributed by atoms with van der Waals surface area (Å²) in [7, 11) is 0. The Hall–Kier alpha value is -1.85. The van der Waals surface area contributed by atoms with E-state index in [-0.39, 0.29) is 10.8 Å². The zero-order valence-corrected chi connectivity index (χ0v) is 23.0. The van der Waals surface area contributed by atoms with Crippen LogP contribution in [0.25, 0.3) is 0 Å². The Bertz CT molecular complexity index is 1040. The zero-order chi connectivity index (χ0) is 25.7. The van der Waals surface area contributed by atoms with E-state index in [0.717, 1.165) is 57.2 Å². The fourth-order valence-corrected chi connectivity index (χ4v) is 9.24. The summed E-state index contributed by atoms with van der Waals surface area (Å²) in [6.45, 7) is 12.8. The van der Waals surface area contributed by atoms with Crippen LogP contribution in [-0.2, 0) is 9.57 Å². The smallest absolute Gasteiger partial charge is 0.129 e. The summed E-state index contributed by atoms with van der Waals surface area (Å²) in [6.07, 6.45) is 20.8. The quantitative estimate of drug-likeness (QED) is 0.341. The Kier molecular flexibility index (Phi) is 6.68. The van der Waals surface area contributed by atoms with Crippen LogP contribution in [0.15, 0.2) is 53.1 Å². The molecule has 0 spiro atoms. The van der Waals surface area contributed by atoms with Gasteiger partial charge in [-0.25, -0.2) is 0 Å². The van der Waals surface area contributed by atoms with Crippen molar-refractivity contribution in [2.24, 2.45) is 33.7 Å². The van der Waals surface area contributed by atoms with E-state index in [1.54, 1.807) is 5.57 Å². The summed E-state index contributed by atoms with van der Waals surface area (Å²) in [6, 6.07) is 0. The number of allylic oxidation sites excluding steroid dienone is 5. The molecule has 0 amide bonds. The van der Waals surface area contributed by atoms with Crippen molar-refractivity contribution in [1.82, 2.24) is 4.90 Å². The lowest BCUT2D eigenvalue weighted by Crippen LogP contribution is -2.60. The molecule has 0 unspecified atom stereocenters. The number of fused-ring (bicyclic) bond motifs is 5. The van der Waals surface area contributed by atoms with Crippen molar-refractivity contribution in [2.45, 2.75) is 90.1 Å². The highest BCUT2D eigenvalue weighted by Gasteiger charge is 2.66. The molecule has 202 valence electrons. The molecule has 6 atom stereocenters. The van der Waals surface area contributed by atoms with Gasteiger partial charge in [-0.1, -0.05) is 43.7 Å². The van der Waals surface area contributed by atoms with Crippen LogP contribution in [-0.4, -0.2) is 47.6 Å². The highest BCUT2D eigenvalue weighted by atomic mass is 16.6. The van der Waals surface area contributed by atoms with Crippen molar-refractivity contribution >= 4 is 5.71 Å². The van der Waals surface area contributed by atoms with Gasteiger partial charge in [-0.05, 0) is 118 Å². The number of oxime groups is 1. The first kappa shape index (κ1) is 25.4. The van der Waals surface area contributed by atoms with Gasteiger partial charge in [-0.3, -0.25) is 4.90 Å². The van der Waals surface area contributed by atoms with Gasteiger partial charge in [0, 0.05) is 12.0 Å². The largest absolute Gasteiger partial charge is 0.465 e. The first-order valence-electron chi connectivity index (χ1n) is 14.9. The van der Waals surface area contributed by atoms with Crippen molar-refractivity contribution < 1.29 is 14.7 Å². The molecule has 4 fully saturated rings. The van der Waals surface area contributed by atoms with Crippen LogP contribution in [0.4, 0.5) is 0 Å². The van der Waals surface area contributed by atoms with Gasteiger partial charge in [0.05, 0.1) is 17.6 Å². The third-order valence-corrected chi connectivity index (χ3v) is 11.5. The van der Waals surface area contributed by atoms with Crippen LogP contribution < -0.4 is 0 Å². The van der Waals surface area contributed by atoms with E-state index < -0.39 is 5.60 Å². The summed E-state index contributed by atoms with van der Waals surface area (Å²) in [5, 5.41) is 17.0. The van der Waals surface area contributed by atoms with Crippen LogP contribution in [0.5, 0.6) is 0 Å². The van der Waals surface area contributed by atoms with Gasteiger partial charge < -0.3 is 14.7 Å². The molecule has 0 aromatic heterocycles. The Labute approximate surface area is 223 Å². The Morgan fingerprint density at radius 1 is 1.05 bits per heavy atom. The third-order valence-electron chi connectivity index (χ3n) is 11.5. The molecule has 37 heavy (non-hydrogen) atoms. The lowest BCUT2D eigenvalue weighted by Gasteiger charge is -2.61. The fourth-order valence-electron chi connectivity index (χ4n) is 9.24. The molecule has 0 aromatic carbocycles. The number of nitrogens with zero attached hydrogens (tertiary/aromatic N) is 2. The molecule has 5 nitrogen and oxygen atoms in total. The number of ether oxygens (including phenoxy) is 1. The van der Waals surface area contributed by atoms with E-state index in [2.05, 4.69) is 42.6 Å². The fraction of sp³-hybridized carbons (Fsp3) is 0.719. The van der Waals surface area contributed by atoms with Crippen molar-refractivity contribution in [1.29, 1.82) is 0 Å². The molecule has 0 bridgehead atoms. The number of aliphatic hydroxyl groups is 1. The summed E-state index contributed by atoms with van der Waals surface area (Å²) < 4.78 is 5.67. The second-order valence-corrected chi connectivity index (χ2v) is 13.2. The van der Waals surface area contributed by atoms with Crippen LogP contribution in [0.1, 0.15) is 84.5 Å². The lowest BCUT2D eigenvalue weighted by molar-refractivity contribution is -0.180. The van der Waals surface area contributed by atoms with Crippen molar-refractivity contribution in [2.75, 3.05) is 26.2 Å². The van der Waals surface area contributed by atoms with Crippen LogP contribution >= 0.6 is 0 Å². The maximum atomic E-state index is 12.4. The molecule has 6 aliphatic rings. The van der Waals surface area contributed by atoms with Crippen LogP contribution in [0, 0.1) is 28.6 Å². The minimum absolute atomic E-state index is 0.104. The van der Waals surface area contributed by atoms with Crippen LogP contribution in [0.2, 0.25) is 0 Å². The monoisotopic (exact) mass is 506 g/mol. The predicted octanol–water partition coefficient (Wildman–Crippen LogP) is 6.52. The average Bonchev–Trinajstić information content (AvgIpc) is 3.19. The van der Waals surface area contributed by atoms with Crippen LogP contribution in [0.3, 0.4) is 0 Å². The van der Waals surface area contributed by atoms with Crippen molar-refractivity contribution in [3.8, 4) is 0 Å². The molecule has 6 rings (SSSR count). The summed E-state index contributed by atoms with van der Waals surface area (Å²) >= 11 is 0. The van der Waals surface area contributed by atoms with Gasteiger partial charge in [0.2, 0.25) is 0 Å². The van der Waals surface area contributed by atoms with Gasteiger partial charge >= 0.3 is 0 Å². The Balaban J connectivity index is 1.15. The molecule has 4 aliphatic carbocycles. The van der Waals surface area contributed by atoms with E-state index in [0.29, 0.717) is 30.1 Å². The molecule has 2 aliphatic heterocycles. The maximum absolute atomic E-state index is 12.4. The molecule has 1 N–H and O–H groups in total. The van der Waals surface area contributed by atoms with Crippen molar-refractivity contribution in [3.05, 3.63) is 48.0 Å². The second kappa shape index (κ2) is 9.72. The summed E-state index contributed by atoms with van der Waals surface area (Å²) in [5.74, 6) is 1.94. The Morgan fingerprint density at radius 2 is 1.89 bits per heavy atom. The molecule has 3 saturated carbocycles. The standard InChI is InChI=1S/C32H46N2O3/c1-23-7-8-24(22-36-23)27-13-16-32(35)29-10-9-25-21-26(33-37-20-19-34-17-5-4-6-18-34)11-14-30(25,2)28(29)12-15-31(27,32)3/h7-8,21-22,27-29,35H,1,4-6,9-20H2,2-3H3/b33-26+/t27-,28+,29-,30+,31-,32+/m1/s1. The highest BCUT2D eigenvalue weighted by molar-refractivity contribution is 5.96. The highest BCUT2D eigenvalue weighted by Crippen LogP contribution is 2.69. The first-order chi connectivity index (χ1) is 17.8. The van der Waals surface area contributed by atoms with E-state index in [1.165, 1.54) is 44.3 Å². The van der Waals surface area contributed by atoms with Gasteiger partial charge in [-0.2, -0.15) is 0 Å². The van der Waals surface area contributed by atoms with E-state index in [9.17, 15) is 5.11 Å². The summed E-state index contributed by atoms with van der Waals surface area (Å²) in [4.78, 5) is 8.29. The predicted molar refractivity (Wildman–Crippen MR) is 148 cm³/mol. The van der Waals surface area contributed by atoms with E-state index >= 15 is 0 Å². The molecular formula is C32H46N2O3. The number of likely N-dealkylation sites (tertiary alicyclic amines) is 1. The minimum atomic E-state index is -0.607. The number of rotatable bonds is 5. The molecule has 0 radical (unpaired) electrons. The number of hydrogen-bond donors (Lipinski definition) is 1. The number of hydrogen-bond acceptors (Lipinski definition) is 5. The number of piperidine rings is 1. The molecule has 1 saturated heterocycles. The first-order valence-corrected chi connectivity index (χ1v) is 14.9. The van der Waals surface area contributed by atoms with E-state index in [1.807, 2.05) is 12.3 Å². The topological polar surface area (TPSA) is 54.3 Å². The molecule has 0 aromatic rings. The Morgan fingerprint density at radius 3 is 2.68 bits per heavy atom. The van der Waals surface area contributed by atoms with Crippen molar-refractivity contribution in [3.63, 3.8) is 0 Å². The van der Waals surface area contributed by atoms with Gasteiger partial charge in [0.25, 0.3) is 0 Å². The molecule has 5 heteroatoms. The second-order valence-electron chi connectivity index (χ2n) is 13.2. The van der Waals surface area contributed by atoms with Gasteiger partial charge in [0.15, 0.2) is 0 Å². The van der Waals surface area contributed by atoms with Gasteiger partial charge in [0.1, 0.15) is 12.4 Å². The van der Waals surface area contributed by atoms with Gasteiger partial charge in [-0.15, -0.1) is 0 Å². The van der Waals surface area contributed by atoms with E-state index in [4.69, 9.17) is 9.57 Å². The minimum Gasteiger partial charge on any atom is -0.465 e. The maximum Gasteiger partial charge on any atom is 0.129 e. The molecular weight excluding hydrogens is 460 g/mol. The zero-order valence-electron chi connectivity index (χ0n) is 23.0. The SMILES string of the molecule is C=C1C=CC([C@H]2CC[C@]3(O)[C@@H]4CCC5=C/C(=N/OCCN6CCCCC6)CC[C@]5(C)[C@H]4CC[C@]23C)=CO1.